The van der Waals surface area contributed by atoms with Crippen molar-refractivity contribution in [2.45, 2.75) is 11.3 Å². The molecular formula is C12H15N5S. The summed E-state index contributed by atoms with van der Waals surface area (Å²) >= 11 is 1.73. The van der Waals surface area contributed by atoms with Crippen molar-refractivity contribution in [1.82, 2.24) is 4.31 Å². The van der Waals surface area contributed by atoms with Gasteiger partial charge in [0.25, 0.3) is 0 Å². The summed E-state index contributed by atoms with van der Waals surface area (Å²) in [5, 5.41) is 1.51. The van der Waals surface area contributed by atoms with Crippen LogP contribution in [0.1, 0.15) is 12.0 Å². The van der Waals surface area contributed by atoms with E-state index in [1.54, 1.807) is 18.1 Å². The van der Waals surface area contributed by atoms with E-state index in [4.69, 9.17) is 11.6 Å². The number of rotatable bonds is 2. The Balaban J connectivity index is 1.95. The van der Waals surface area contributed by atoms with Gasteiger partial charge in [0.2, 0.25) is 0 Å². The summed E-state index contributed by atoms with van der Waals surface area (Å²) in [4.78, 5) is 5.79. The van der Waals surface area contributed by atoms with Gasteiger partial charge >= 0.3 is 0 Å². The Morgan fingerprint density at radius 1 is 1.44 bits per heavy atom. The molecule has 0 spiro atoms. The molecule has 2 aliphatic heterocycles. The van der Waals surface area contributed by atoms with Crippen LogP contribution < -0.4 is 16.6 Å². The van der Waals surface area contributed by atoms with Gasteiger partial charge in [0, 0.05) is 35.9 Å². The molecule has 5 nitrogen and oxygen atoms in total. The minimum atomic E-state index is 0.920. The molecule has 4 N–H and O–H groups in total. The SMILES string of the molecule is N/C=C\N(N)c1ccc2c(c1)SN1CCCN=C21. The molecule has 6 heteroatoms. The highest BCUT2D eigenvalue weighted by Crippen LogP contribution is 2.39. The zero-order chi connectivity index (χ0) is 12.5. The van der Waals surface area contributed by atoms with Gasteiger partial charge in [-0.05, 0) is 36.6 Å². The summed E-state index contributed by atoms with van der Waals surface area (Å²) in [5.41, 5.74) is 7.46. The number of fused-ring (bicyclic) bond motifs is 3. The van der Waals surface area contributed by atoms with E-state index in [1.807, 2.05) is 6.07 Å². The first-order valence-corrected chi connectivity index (χ1v) is 6.63. The molecule has 1 aromatic carbocycles. The third kappa shape index (κ3) is 1.83. The van der Waals surface area contributed by atoms with Crippen LogP contribution in [-0.2, 0) is 0 Å². The Labute approximate surface area is 110 Å². The van der Waals surface area contributed by atoms with E-state index in [9.17, 15) is 0 Å². The first-order valence-electron chi connectivity index (χ1n) is 5.86. The standard InChI is InChI=1S/C12H15N5S/c13-4-7-16(14)9-2-3-10-11(8-9)18-17-6-1-5-15-12(10)17/h2-4,7-8H,1,5-6,13-14H2/b7-4-. The molecule has 0 radical (unpaired) electrons. The second-order valence-electron chi connectivity index (χ2n) is 4.18. The zero-order valence-electron chi connectivity index (χ0n) is 9.91. The maximum atomic E-state index is 5.86. The lowest BCUT2D eigenvalue weighted by Gasteiger charge is -2.20. The summed E-state index contributed by atoms with van der Waals surface area (Å²) in [6, 6.07) is 6.13. The van der Waals surface area contributed by atoms with Crippen LogP contribution in [0.15, 0.2) is 40.5 Å². The lowest BCUT2D eigenvalue weighted by atomic mass is 10.1. The lowest BCUT2D eigenvalue weighted by Crippen LogP contribution is -2.26. The Bertz CT molecular complexity index is 525. The van der Waals surface area contributed by atoms with E-state index in [0.717, 1.165) is 31.0 Å². The van der Waals surface area contributed by atoms with Crippen molar-refractivity contribution in [2.75, 3.05) is 18.1 Å². The molecule has 0 fully saturated rings. The van der Waals surface area contributed by atoms with Crippen molar-refractivity contribution in [3.05, 3.63) is 36.2 Å². The number of hydrazine groups is 1. The minimum absolute atomic E-state index is 0.920. The van der Waals surface area contributed by atoms with Crippen LogP contribution in [0.25, 0.3) is 0 Å². The molecule has 1 aromatic rings. The predicted octanol–water partition coefficient (Wildman–Crippen LogP) is 1.27. The van der Waals surface area contributed by atoms with Gasteiger partial charge in [0.1, 0.15) is 5.84 Å². The van der Waals surface area contributed by atoms with Crippen LogP contribution in [0.4, 0.5) is 5.69 Å². The lowest BCUT2D eigenvalue weighted by molar-refractivity contribution is 0.603. The van der Waals surface area contributed by atoms with Gasteiger partial charge in [-0.1, -0.05) is 0 Å². The van der Waals surface area contributed by atoms with E-state index in [0.29, 0.717) is 0 Å². The van der Waals surface area contributed by atoms with Crippen LogP contribution in [-0.4, -0.2) is 23.2 Å². The molecule has 0 saturated carbocycles. The number of anilines is 1. The number of aliphatic imine (C=N–C) groups is 1. The van der Waals surface area contributed by atoms with E-state index < -0.39 is 0 Å². The smallest absolute Gasteiger partial charge is 0.142 e. The average Bonchev–Trinajstić information content (AvgIpc) is 2.76. The molecular weight excluding hydrogens is 246 g/mol. The zero-order valence-corrected chi connectivity index (χ0v) is 10.7. The van der Waals surface area contributed by atoms with Gasteiger partial charge in [0.05, 0.1) is 5.69 Å². The largest absolute Gasteiger partial charge is 0.403 e. The number of hydrogen-bond acceptors (Lipinski definition) is 6. The second kappa shape index (κ2) is 4.55. The summed E-state index contributed by atoms with van der Waals surface area (Å²) in [6.07, 6.45) is 4.18. The summed E-state index contributed by atoms with van der Waals surface area (Å²) in [7, 11) is 0. The summed E-state index contributed by atoms with van der Waals surface area (Å²) in [5.74, 6) is 6.96. The molecule has 0 unspecified atom stereocenters. The summed E-state index contributed by atoms with van der Waals surface area (Å²) in [6.45, 7) is 1.98. The highest BCUT2D eigenvalue weighted by molar-refractivity contribution is 7.98. The van der Waals surface area contributed by atoms with E-state index in [-0.39, 0.29) is 0 Å². The molecule has 0 aromatic heterocycles. The number of nitrogens with two attached hydrogens (primary N) is 2. The van der Waals surface area contributed by atoms with Crippen molar-refractivity contribution >= 4 is 23.5 Å². The molecule has 94 valence electrons. The molecule has 0 aliphatic carbocycles. The maximum absolute atomic E-state index is 5.86. The molecule has 2 aliphatic rings. The van der Waals surface area contributed by atoms with E-state index in [1.165, 1.54) is 21.7 Å². The normalized spacial score (nSPS) is 17.6. The third-order valence-electron chi connectivity index (χ3n) is 2.98. The first kappa shape index (κ1) is 11.4. The Morgan fingerprint density at radius 3 is 3.17 bits per heavy atom. The molecule has 0 amide bonds. The fourth-order valence-electron chi connectivity index (χ4n) is 2.12. The minimum Gasteiger partial charge on any atom is -0.403 e. The van der Waals surface area contributed by atoms with Gasteiger partial charge in [-0.15, -0.1) is 0 Å². The Morgan fingerprint density at radius 2 is 2.33 bits per heavy atom. The third-order valence-corrected chi connectivity index (χ3v) is 4.09. The first-order chi connectivity index (χ1) is 8.79. The molecule has 0 saturated heterocycles. The van der Waals surface area contributed by atoms with E-state index in [2.05, 4.69) is 21.4 Å². The monoisotopic (exact) mass is 261 g/mol. The molecule has 18 heavy (non-hydrogen) atoms. The summed E-state index contributed by atoms with van der Waals surface area (Å²) < 4.78 is 2.25. The van der Waals surface area contributed by atoms with Gasteiger partial charge in [-0.25, -0.2) is 5.84 Å². The van der Waals surface area contributed by atoms with Crippen molar-refractivity contribution in [3.8, 4) is 0 Å². The van der Waals surface area contributed by atoms with Gasteiger partial charge < -0.3 is 5.73 Å². The van der Waals surface area contributed by atoms with Crippen molar-refractivity contribution in [3.63, 3.8) is 0 Å². The van der Waals surface area contributed by atoms with Crippen LogP contribution >= 0.6 is 11.9 Å². The van der Waals surface area contributed by atoms with Crippen LogP contribution in [0.3, 0.4) is 0 Å². The highest BCUT2D eigenvalue weighted by Gasteiger charge is 2.28. The topological polar surface area (TPSA) is 70.9 Å². The van der Waals surface area contributed by atoms with Crippen LogP contribution in [0.2, 0.25) is 0 Å². The molecule has 0 atom stereocenters. The average molecular weight is 261 g/mol. The second-order valence-corrected chi connectivity index (χ2v) is 5.24. The Hall–Kier alpha value is -1.66. The quantitative estimate of drug-likeness (QED) is 0.476. The van der Waals surface area contributed by atoms with Gasteiger partial charge in [-0.3, -0.25) is 14.3 Å². The molecule has 3 rings (SSSR count). The van der Waals surface area contributed by atoms with Gasteiger partial charge in [0.15, 0.2) is 0 Å². The predicted molar refractivity (Wildman–Crippen MR) is 75.0 cm³/mol. The molecule has 0 bridgehead atoms. The Kier molecular flexibility index (Phi) is 2.89. The van der Waals surface area contributed by atoms with Crippen molar-refractivity contribution < 1.29 is 0 Å². The fourth-order valence-corrected chi connectivity index (χ4v) is 3.25. The van der Waals surface area contributed by atoms with Crippen molar-refractivity contribution in [1.29, 1.82) is 0 Å². The number of nitrogens with zero attached hydrogens (tertiary/aromatic N) is 3. The molecule has 2 heterocycles. The van der Waals surface area contributed by atoms with E-state index >= 15 is 0 Å². The van der Waals surface area contributed by atoms with Crippen LogP contribution in [0, 0.1) is 0 Å². The highest BCUT2D eigenvalue weighted by atomic mass is 32.2. The van der Waals surface area contributed by atoms with Crippen LogP contribution in [0.5, 0.6) is 0 Å². The fraction of sp³-hybridized carbons (Fsp3) is 0.250. The van der Waals surface area contributed by atoms with Crippen molar-refractivity contribution in [2.24, 2.45) is 16.6 Å². The number of benzene rings is 1. The number of amidine groups is 1. The number of hydrogen-bond donors (Lipinski definition) is 2. The maximum Gasteiger partial charge on any atom is 0.142 e. The van der Waals surface area contributed by atoms with Gasteiger partial charge in [-0.2, -0.15) is 0 Å².